The topological polar surface area (TPSA) is 81.0 Å². The summed E-state index contributed by atoms with van der Waals surface area (Å²) in [6.45, 7) is 6.11. The summed E-state index contributed by atoms with van der Waals surface area (Å²) in [7, 11) is -2.01. The van der Waals surface area contributed by atoms with Crippen LogP contribution in [0.2, 0.25) is 0 Å². The summed E-state index contributed by atoms with van der Waals surface area (Å²) in [5, 5.41) is 0. The molecule has 0 radical (unpaired) electrons. The van der Waals surface area contributed by atoms with E-state index in [0.717, 1.165) is 27.5 Å². The number of hydrogen-bond acceptors (Lipinski definition) is 5. The molecule has 0 saturated carbocycles. The number of nitrogens with zero attached hydrogens (tertiary/aromatic N) is 3. The molecular formula is C23H28BrN3O4S2. The van der Waals surface area contributed by atoms with Gasteiger partial charge in [-0.05, 0) is 55.8 Å². The number of carbonyl (C=O) groups is 1. The molecule has 0 aliphatic carbocycles. The van der Waals surface area contributed by atoms with Crippen LogP contribution in [0.25, 0.3) is 10.2 Å². The Morgan fingerprint density at radius 3 is 2.58 bits per heavy atom. The van der Waals surface area contributed by atoms with Crippen LogP contribution in [0.3, 0.4) is 0 Å². The molecule has 0 spiro atoms. The second-order valence-electron chi connectivity index (χ2n) is 7.47. The van der Waals surface area contributed by atoms with E-state index in [1.54, 1.807) is 7.05 Å². The molecule has 0 bridgehead atoms. The van der Waals surface area contributed by atoms with E-state index in [0.29, 0.717) is 36.7 Å². The number of halogens is 1. The largest absolute Gasteiger partial charge is 0.380 e. The highest BCUT2D eigenvalue weighted by Crippen LogP contribution is 2.22. The van der Waals surface area contributed by atoms with E-state index in [1.165, 1.54) is 39.9 Å². The van der Waals surface area contributed by atoms with Crippen LogP contribution < -0.4 is 4.80 Å². The summed E-state index contributed by atoms with van der Waals surface area (Å²) in [5.41, 5.74) is 1.31. The van der Waals surface area contributed by atoms with Crippen LogP contribution in [0.15, 0.2) is 56.8 Å². The number of unbranched alkanes of at least 4 members (excludes halogenated alkanes) is 1. The van der Waals surface area contributed by atoms with Crippen molar-refractivity contribution in [3.8, 4) is 0 Å². The predicted octanol–water partition coefficient (Wildman–Crippen LogP) is 4.66. The van der Waals surface area contributed by atoms with E-state index in [1.807, 2.05) is 36.6 Å². The van der Waals surface area contributed by atoms with Crippen molar-refractivity contribution < 1.29 is 17.9 Å². The van der Waals surface area contributed by atoms with Crippen molar-refractivity contribution in [3.63, 3.8) is 0 Å². The summed E-state index contributed by atoms with van der Waals surface area (Å²) in [4.78, 5) is 18.0. The van der Waals surface area contributed by atoms with Gasteiger partial charge in [-0.1, -0.05) is 40.6 Å². The molecule has 0 unspecified atom stereocenters. The van der Waals surface area contributed by atoms with Crippen molar-refractivity contribution in [3.05, 3.63) is 57.3 Å². The van der Waals surface area contributed by atoms with Gasteiger partial charge in [0.05, 0.1) is 21.7 Å². The lowest BCUT2D eigenvalue weighted by molar-refractivity contribution is 0.0996. The van der Waals surface area contributed by atoms with Gasteiger partial charge in [0, 0.05) is 36.8 Å². The molecule has 0 fully saturated rings. The van der Waals surface area contributed by atoms with Gasteiger partial charge in [0.1, 0.15) is 0 Å². The van der Waals surface area contributed by atoms with E-state index < -0.39 is 15.9 Å². The third kappa shape index (κ3) is 6.19. The number of amides is 1. The molecule has 7 nitrogen and oxygen atoms in total. The first-order chi connectivity index (χ1) is 15.8. The Hall–Kier alpha value is -1.85. The third-order valence-electron chi connectivity index (χ3n) is 5.14. The summed E-state index contributed by atoms with van der Waals surface area (Å²) in [6, 6.07) is 11.9. The highest BCUT2D eigenvalue weighted by atomic mass is 79.9. The predicted molar refractivity (Wildman–Crippen MR) is 135 cm³/mol. The van der Waals surface area contributed by atoms with E-state index in [9.17, 15) is 13.2 Å². The first kappa shape index (κ1) is 25.8. The zero-order valence-corrected chi connectivity index (χ0v) is 22.2. The SMILES string of the molecule is CCCCN(C)S(=O)(=O)c1ccc(C(=O)N=c2sc3cc(Br)ccc3n2CCOCC)cc1. The number of hydrogen-bond donors (Lipinski definition) is 0. The molecule has 3 rings (SSSR count). The lowest BCUT2D eigenvalue weighted by atomic mass is 10.2. The quantitative estimate of drug-likeness (QED) is 0.342. The standard InChI is InChI=1S/C23H28BrN3O4S2/c1-4-6-13-26(3)33(29,30)19-10-7-17(8-11-19)22(28)25-23-27(14-15-31-5-2)20-12-9-18(24)16-21(20)32-23/h7-12,16H,4-6,13-15H2,1-3H3. The highest BCUT2D eigenvalue weighted by Gasteiger charge is 2.20. The molecular weight excluding hydrogens is 526 g/mol. The maximum atomic E-state index is 12.9. The molecule has 0 N–H and O–H groups in total. The molecule has 0 aliphatic heterocycles. The normalized spacial score (nSPS) is 12.7. The molecule has 10 heteroatoms. The maximum Gasteiger partial charge on any atom is 0.279 e. The number of benzene rings is 2. The molecule has 1 heterocycles. The molecule has 0 aliphatic rings. The lowest BCUT2D eigenvalue weighted by Crippen LogP contribution is -2.27. The Morgan fingerprint density at radius 1 is 1.18 bits per heavy atom. The zero-order valence-electron chi connectivity index (χ0n) is 19.0. The molecule has 1 aromatic heterocycles. The first-order valence-electron chi connectivity index (χ1n) is 10.8. The summed E-state index contributed by atoms with van der Waals surface area (Å²) in [6.07, 6.45) is 1.70. The minimum absolute atomic E-state index is 0.163. The van der Waals surface area contributed by atoms with Crippen molar-refractivity contribution >= 4 is 53.4 Å². The number of sulfonamides is 1. The number of fused-ring (bicyclic) bond motifs is 1. The third-order valence-corrected chi connectivity index (χ3v) is 8.55. The first-order valence-corrected chi connectivity index (χ1v) is 13.8. The van der Waals surface area contributed by atoms with Gasteiger partial charge in [0.15, 0.2) is 4.80 Å². The molecule has 33 heavy (non-hydrogen) atoms. The van der Waals surface area contributed by atoms with Gasteiger partial charge in [-0.25, -0.2) is 12.7 Å². The smallest absolute Gasteiger partial charge is 0.279 e. The minimum Gasteiger partial charge on any atom is -0.380 e. The average molecular weight is 555 g/mol. The zero-order chi connectivity index (χ0) is 24.0. The van der Waals surface area contributed by atoms with Gasteiger partial charge >= 0.3 is 0 Å². The molecule has 2 aromatic carbocycles. The van der Waals surface area contributed by atoms with Gasteiger partial charge in [-0.2, -0.15) is 4.99 Å². The Kier molecular flexibility index (Phi) is 9.00. The van der Waals surface area contributed by atoms with Gasteiger partial charge in [-0.15, -0.1) is 0 Å². The second kappa shape index (κ2) is 11.5. The fourth-order valence-corrected chi connectivity index (χ4v) is 6.07. The van der Waals surface area contributed by atoms with E-state index in [-0.39, 0.29) is 4.90 Å². The fraction of sp³-hybridized carbons (Fsp3) is 0.391. The monoisotopic (exact) mass is 553 g/mol. The van der Waals surface area contributed by atoms with Crippen molar-refractivity contribution in [2.75, 3.05) is 26.8 Å². The number of thiazole rings is 1. The van der Waals surface area contributed by atoms with Gasteiger partial charge in [0.2, 0.25) is 10.0 Å². The van der Waals surface area contributed by atoms with Crippen LogP contribution >= 0.6 is 27.3 Å². The maximum absolute atomic E-state index is 12.9. The van der Waals surface area contributed by atoms with Crippen molar-refractivity contribution in [1.82, 2.24) is 8.87 Å². The van der Waals surface area contributed by atoms with Crippen LogP contribution in [0, 0.1) is 0 Å². The number of carbonyl (C=O) groups excluding carboxylic acids is 1. The summed E-state index contributed by atoms with van der Waals surface area (Å²) in [5.74, 6) is -0.422. The van der Waals surface area contributed by atoms with Crippen molar-refractivity contribution in [2.45, 2.75) is 38.1 Å². The van der Waals surface area contributed by atoms with E-state index >= 15 is 0 Å². The van der Waals surface area contributed by atoms with Crippen LogP contribution in [0.5, 0.6) is 0 Å². The van der Waals surface area contributed by atoms with Crippen molar-refractivity contribution in [2.24, 2.45) is 4.99 Å². The summed E-state index contributed by atoms with van der Waals surface area (Å²) < 4.78 is 36.2. The Labute approximate surface area is 206 Å². The second-order valence-corrected chi connectivity index (χ2v) is 11.4. The van der Waals surface area contributed by atoms with Crippen LogP contribution in [0.1, 0.15) is 37.0 Å². The van der Waals surface area contributed by atoms with Crippen molar-refractivity contribution in [1.29, 1.82) is 0 Å². The van der Waals surface area contributed by atoms with Crippen LogP contribution in [-0.4, -0.2) is 50.0 Å². The van der Waals surface area contributed by atoms with E-state index in [4.69, 9.17) is 4.74 Å². The Bertz CT molecular complexity index is 1280. The molecule has 3 aromatic rings. The number of rotatable bonds is 10. The fourth-order valence-electron chi connectivity index (χ4n) is 3.25. The van der Waals surface area contributed by atoms with Crippen LogP contribution in [-0.2, 0) is 21.3 Å². The minimum atomic E-state index is -3.58. The number of ether oxygens (including phenoxy) is 1. The van der Waals surface area contributed by atoms with Gasteiger partial charge < -0.3 is 9.30 Å². The molecule has 0 saturated heterocycles. The Balaban J connectivity index is 1.91. The lowest BCUT2D eigenvalue weighted by Gasteiger charge is -2.16. The van der Waals surface area contributed by atoms with E-state index in [2.05, 4.69) is 20.9 Å². The van der Waals surface area contributed by atoms with Crippen LogP contribution in [0.4, 0.5) is 0 Å². The summed E-state index contributed by atoms with van der Waals surface area (Å²) >= 11 is 4.91. The Morgan fingerprint density at radius 2 is 1.91 bits per heavy atom. The van der Waals surface area contributed by atoms with Gasteiger partial charge in [0.25, 0.3) is 5.91 Å². The molecule has 178 valence electrons. The highest BCUT2D eigenvalue weighted by molar-refractivity contribution is 9.10. The number of aromatic nitrogens is 1. The molecule has 0 atom stereocenters. The van der Waals surface area contributed by atoms with Gasteiger partial charge in [-0.3, -0.25) is 4.79 Å². The molecule has 1 amide bonds. The average Bonchev–Trinajstić information content (AvgIpc) is 3.13.